The number of anilines is 2. The fourth-order valence-corrected chi connectivity index (χ4v) is 3.01. The highest BCUT2D eigenvalue weighted by Crippen LogP contribution is 2.26. The summed E-state index contributed by atoms with van der Waals surface area (Å²) >= 11 is 0. The summed E-state index contributed by atoms with van der Waals surface area (Å²) in [6, 6.07) is 12.1. The van der Waals surface area contributed by atoms with Crippen LogP contribution in [0.4, 0.5) is 20.2 Å². The Morgan fingerprint density at radius 3 is 2.60 bits per heavy atom. The number of hydrogen-bond acceptors (Lipinski definition) is 5. The number of nitrogens with one attached hydrogen (secondary N) is 1. The lowest BCUT2D eigenvalue weighted by atomic mass is 10.2. The zero-order chi connectivity index (χ0) is 21.7. The van der Waals surface area contributed by atoms with Crippen LogP contribution in [0.2, 0.25) is 0 Å². The summed E-state index contributed by atoms with van der Waals surface area (Å²) in [5.41, 5.74) is 0.802. The molecular formula is C21H20F2N2O5. The van der Waals surface area contributed by atoms with E-state index >= 15 is 0 Å². The molecule has 1 fully saturated rings. The largest absolute Gasteiger partial charge is 0.449 e. The molecule has 0 saturated carbocycles. The Morgan fingerprint density at radius 2 is 1.90 bits per heavy atom. The zero-order valence-corrected chi connectivity index (χ0v) is 16.1. The van der Waals surface area contributed by atoms with Crippen LogP contribution >= 0.6 is 0 Å². The zero-order valence-electron chi connectivity index (χ0n) is 16.1. The molecule has 1 aliphatic rings. The van der Waals surface area contributed by atoms with Gasteiger partial charge >= 0.3 is 12.6 Å². The van der Waals surface area contributed by atoms with Crippen molar-refractivity contribution in [2.45, 2.75) is 32.5 Å². The van der Waals surface area contributed by atoms with Crippen molar-refractivity contribution in [3.8, 4) is 5.75 Å². The van der Waals surface area contributed by atoms with E-state index in [1.807, 2.05) is 0 Å². The van der Waals surface area contributed by atoms with Crippen LogP contribution in [0, 0.1) is 0 Å². The summed E-state index contributed by atoms with van der Waals surface area (Å²) in [7, 11) is 0. The van der Waals surface area contributed by atoms with Gasteiger partial charge in [-0.1, -0.05) is 18.2 Å². The van der Waals surface area contributed by atoms with Crippen molar-refractivity contribution in [1.82, 2.24) is 0 Å². The number of benzene rings is 2. The van der Waals surface area contributed by atoms with Crippen LogP contribution in [0.15, 0.2) is 48.5 Å². The predicted molar refractivity (Wildman–Crippen MR) is 105 cm³/mol. The van der Waals surface area contributed by atoms with Gasteiger partial charge in [0, 0.05) is 18.7 Å². The molecule has 1 heterocycles. The van der Waals surface area contributed by atoms with E-state index in [-0.39, 0.29) is 22.9 Å². The molecule has 0 spiro atoms. The maximum atomic E-state index is 12.5. The molecule has 7 nitrogen and oxygen atoms in total. The van der Waals surface area contributed by atoms with E-state index in [0.29, 0.717) is 18.7 Å². The monoisotopic (exact) mass is 418 g/mol. The fourth-order valence-electron chi connectivity index (χ4n) is 3.01. The molecule has 1 atom stereocenters. The smallest absolute Gasteiger partial charge is 0.387 e. The second-order valence-corrected chi connectivity index (χ2v) is 6.61. The van der Waals surface area contributed by atoms with Gasteiger partial charge in [-0.3, -0.25) is 9.59 Å². The Balaban J connectivity index is 1.65. The van der Waals surface area contributed by atoms with Crippen LogP contribution in [-0.2, 0) is 14.3 Å². The molecular weight excluding hydrogens is 398 g/mol. The number of esters is 1. The second-order valence-electron chi connectivity index (χ2n) is 6.61. The molecule has 9 heteroatoms. The first-order valence-corrected chi connectivity index (χ1v) is 9.31. The van der Waals surface area contributed by atoms with Crippen molar-refractivity contribution in [2.24, 2.45) is 0 Å². The van der Waals surface area contributed by atoms with Gasteiger partial charge in [0.25, 0.3) is 5.91 Å². The average Bonchev–Trinajstić information content (AvgIpc) is 3.15. The van der Waals surface area contributed by atoms with Crippen LogP contribution in [0.3, 0.4) is 0 Å². The summed E-state index contributed by atoms with van der Waals surface area (Å²) < 4.78 is 34.5. The van der Waals surface area contributed by atoms with E-state index in [9.17, 15) is 23.2 Å². The highest BCUT2D eigenvalue weighted by atomic mass is 19.3. The van der Waals surface area contributed by atoms with Crippen molar-refractivity contribution in [3.05, 3.63) is 54.1 Å². The van der Waals surface area contributed by atoms with Crippen LogP contribution in [0.25, 0.3) is 0 Å². The summed E-state index contributed by atoms with van der Waals surface area (Å²) in [4.78, 5) is 38.3. The highest BCUT2D eigenvalue weighted by molar-refractivity contribution is 6.00. The van der Waals surface area contributed by atoms with E-state index in [2.05, 4.69) is 10.1 Å². The number of para-hydroxylation sites is 2. The standard InChI is InChI=1S/C21H20F2N2O5/c1-13(19(27)24-16-8-2-3-9-17(16)30-21(22)23)29-20(28)14-6-4-7-15(12-14)25-11-5-10-18(25)26/h2-4,6-9,12-13,21H,5,10-11H2,1H3,(H,24,27)/t13-/m0/s1. The molecule has 0 unspecified atom stereocenters. The van der Waals surface area contributed by atoms with Gasteiger partial charge in [0.15, 0.2) is 6.10 Å². The molecule has 30 heavy (non-hydrogen) atoms. The van der Waals surface area contributed by atoms with Crippen LogP contribution in [-0.4, -0.2) is 37.0 Å². The first-order valence-electron chi connectivity index (χ1n) is 9.31. The minimum absolute atomic E-state index is 0.0158. The Hall–Kier alpha value is -3.49. The molecule has 3 rings (SSSR count). The van der Waals surface area contributed by atoms with Gasteiger partial charge < -0.3 is 19.7 Å². The lowest BCUT2D eigenvalue weighted by molar-refractivity contribution is -0.123. The third kappa shape index (κ3) is 5.11. The number of nitrogens with zero attached hydrogens (tertiary/aromatic N) is 1. The Kier molecular flexibility index (Phi) is 6.61. The van der Waals surface area contributed by atoms with Crippen LogP contribution < -0.4 is 15.0 Å². The summed E-state index contributed by atoms with van der Waals surface area (Å²) in [6.45, 7) is -1.11. The molecule has 158 valence electrons. The van der Waals surface area contributed by atoms with E-state index in [0.717, 1.165) is 6.42 Å². The van der Waals surface area contributed by atoms with E-state index < -0.39 is 24.6 Å². The fraction of sp³-hybridized carbons (Fsp3) is 0.286. The number of alkyl halides is 2. The molecule has 0 bridgehead atoms. The van der Waals surface area contributed by atoms with Gasteiger partial charge in [-0.2, -0.15) is 8.78 Å². The molecule has 2 amide bonds. The minimum Gasteiger partial charge on any atom is -0.449 e. The predicted octanol–water partition coefficient (Wildman–Crippen LogP) is 3.60. The molecule has 1 aliphatic heterocycles. The average molecular weight is 418 g/mol. The number of rotatable bonds is 7. The second kappa shape index (κ2) is 9.34. The van der Waals surface area contributed by atoms with Gasteiger partial charge in [0.1, 0.15) is 5.75 Å². The van der Waals surface area contributed by atoms with E-state index in [1.165, 1.54) is 43.3 Å². The van der Waals surface area contributed by atoms with Crippen molar-refractivity contribution in [3.63, 3.8) is 0 Å². The highest BCUT2D eigenvalue weighted by Gasteiger charge is 2.24. The molecule has 2 aromatic rings. The van der Waals surface area contributed by atoms with Gasteiger partial charge in [0.05, 0.1) is 11.3 Å². The minimum atomic E-state index is -3.05. The van der Waals surface area contributed by atoms with E-state index in [1.54, 1.807) is 17.0 Å². The SMILES string of the molecule is C[C@H](OC(=O)c1cccc(N2CCCC2=O)c1)C(=O)Nc1ccccc1OC(F)F. The topological polar surface area (TPSA) is 84.9 Å². The number of ether oxygens (including phenoxy) is 2. The molecule has 2 aromatic carbocycles. The van der Waals surface area contributed by atoms with Gasteiger partial charge in [-0.15, -0.1) is 0 Å². The third-order valence-corrected chi connectivity index (χ3v) is 4.48. The van der Waals surface area contributed by atoms with Gasteiger partial charge in [0.2, 0.25) is 5.91 Å². The summed E-state index contributed by atoms with van der Waals surface area (Å²) in [6.07, 6.45) is 0.0126. The Bertz CT molecular complexity index is 950. The number of carbonyl (C=O) groups is 3. The van der Waals surface area contributed by atoms with E-state index in [4.69, 9.17) is 4.74 Å². The lowest BCUT2D eigenvalue weighted by Crippen LogP contribution is -2.30. The first kappa shape index (κ1) is 21.2. The Morgan fingerprint density at radius 1 is 1.13 bits per heavy atom. The van der Waals surface area contributed by atoms with Crippen molar-refractivity contribution < 1.29 is 32.6 Å². The lowest BCUT2D eigenvalue weighted by Gasteiger charge is -2.18. The summed E-state index contributed by atoms with van der Waals surface area (Å²) in [5.74, 6) is -1.68. The molecule has 0 aromatic heterocycles. The van der Waals surface area contributed by atoms with Crippen molar-refractivity contribution >= 4 is 29.2 Å². The number of hydrogen-bond donors (Lipinski definition) is 1. The number of carbonyl (C=O) groups excluding carboxylic acids is 3. The maximum Gasteiger partial charge on any atom is 0.387 e. The van der Waals surface area contributed by atoms with Gasteiger partial charge in [-0.25, -0.2) is 4.79 Å². The van der Waals surface area contributed by atoms with Crippen molar-refractivity contribution in [1.29, 1.82) is 0 Å². The maximum absolute atomic E-state index is 12.5. The van der Waals surface area contributed by atoms with Crippen LogP contribution in [0.5, 0.6) is 5.75 Å². The third-order valence-electron chi connectivity index (χ3n) is 4.48. The van der Waals surface area contributed by atoms with Crippen molar-refractivity contribution in [2.75, 3.05) is 16.8 Å². The normalized spacial score (nSPS) is 14.5. The van der Waals surface area contributed by atoms with Gasteiger partial charge in [-0.05, 0) is 43.7 Å². The summed E-state index contributed by atoms with van der Waals surface area (Å²) in [5, 5.41) is 2.41. The number of amides is 2. The Labute approximate surface area is 171 Å². The van der Waals surface area contributed by atoms with Crippen LogP contribution in [0.1, 0.15) is 30.1 Å². The molecule has 1 N–H and O–H groups in total. The first-order chi connectivity index (χ1) is 14.3. The molecule has 0 radical (unpaired) electrons. The molecule has 1 saturated heterocycles. The molecule has 0 aliphatic carbocycles. The number of halogens is 2. The quantitative estimate of drug-likeness (QED) is 0.695.